The first-order valence-corrected chi connectivity index (χ1v) is 16.1. The molecule has 0 bridgehead atoms. The molecule has 1 unspecified atom stereocenters. The molecule has 4 N–H and O–H groups in total. The number of nitrogens with zero attached hydrogens (tertiary/aromatic N) is 2. The van der Waals surface area contributed by atoms with Gasteiger partial charge in [0.15, 0.2) is 0 Å². The molecule has 244 valence electrons. The van der Waals surface area contributed by atoms with Gasteiger partial charge in [-0.05, 0) is 73.5 Å². The molecule has 0 spiro atoms. The highest BCUT2D eigenvalue weighted by Gasteiger charge is 2.24. The van der Waals surface area contributed by atoms with Gasteiger partial charge < -0.3 is 30.6 Å². The number of carbonyl (C=O) groups excluding carboxylic acids is 2. The molecule has 0 fully saturated rings. The molecule has 1 aromatic heterocycles. The lowest BCUT2D eigenvalue weighted by Crippen LogP contribution is -2.47. The van der Waals surface area contributed by atoms with Crippen molar-refractivity contribution in [3.8, 4) is 5.75 Å². The van der Waals surface area contributed by atoms with E-state index in [1.165, 1.54) is 0 Å². The number of carbonyl (C=O) groups is 2. The summed E-state index contributed by atoms with van der Waals surface area (Å²) < 4.78 is 5.51. The summed E-state index contributed by atoms with van der Waals surface area (Å²) in [6.07, 6.45) is 4.73. The Bertz CT molecular complexity index is 1730. The zero-order valence-corrected chi connectivity index (χ0v) is 27.3. The molecular weight excluding hydrogens is 588 g/mol. The number of imidazole rings is 1. The van der Waals surface area contributed by atoms with Crippen LogP contribution in [0.1, 0.15) is 58.7 Å². The molecule has 0 saturated carbocycles. The molecule has 5 aromatic rings. The fraction of sp³-hybridized carbons (Fsp3) is 0.289. The fourth-order valence-corrected chi connectivity index (χ4v) is 5.79. The van der Waals surface area contributed by atoms with Crippen molar-refractivity contribution in [2.45, 2.75) is 51.5 Å². The summed E-state index contributed by atoms with van der Waals surface area (Å²) in [5.41, 5.74) is 3.69. The van der Waals surface area contributed by atoms with Gasteiger partial charge in [-0.1, -0.05) is 72.8 Å². The number of nitrogens with one attached hydrogen (secondary N) is 4. The van der Waals surface area contributed by atoms with Gasteiger partial charge in [0.1, 0.15) is 17.6 Å². The van der Waals surface area contributed by atoms with Crippen molar-refractivity contribution in [2.24, 2.45) is 0 Å². The molecule has 47 heavy (non-hydrogen) atoms. The second-order valence-electron chi connectivity index (χ2n) is 11.9. The monoisotopic (exact) mass is 632 g/mol. The van der Waals surface area contributed by atoms with Crippen molar-refractivity contribution in [2.75, 3.05) is 20.7 Å². The summed E-state index contributed by atoms with van der Waals surface area (Å²) in [5, 5.41) is 11.8. The zero-order valence-electron chi connectivity index (χ0n) is 27.3. The number of amides is 2. The second-order valence-corrected chi connectivity index (χ2v) is 11.9. The molecule has 5 rings (SSSR count). The third-order valence-electron chi connectivity index (χ3n) is 8.33. The minimum absolute atomic E-state index is 0.204. The Hall–Kier alpha value is -4.99. The number of hydrogen-bond acceptors (Lipinski definition) is 6. The van der Waals surface area contributed by atoms with E-state index in [1.54, 1.807) is 31.6 Å². The van der Waals surface area contributed by atoms with E-state index in [0.29, 0.717) is 38.0 Å². The van der Waals surface area contributed by atoms with Gasteiger partial charge >= 0.3 is 0 Å². The summed E-state index contributed by atoms with van der Waals surface area (Å²) in [6, 6.07) is 28.8. The van der Waals surface area contributed by atoms with Crippen LogP contribution in [0.4, 0.5) is 0 Å². The van der Waals surface area contributed by atoms with Gasteiger partial charge in [0.05, 0.1) is 19.7 Å². The van der Waals surface area contributed by atoms with Crippen molar-refractivity contribution in [1.29, 1.82) is 0 Å². The maximum Gasteiger partial charge on any atom is 0.251 e. The van der Waals surface area contributed by atoms with Crippen LogP contribution in [-0.2, 0) is 24.4 Å². The number of ether oxygens (including phenoxy) is 1. The molecule has 9 heteroatoms. The molecule has 2 atom stereocenters. The number of hydrogen-bond donors (Lipinski definition) is 4. The molecule has 0 aliphatic heterocycles. The van der Waals surface area contributed by atoms with E-state index in [4.69, 9.17) is 4.74 Å². The van der Waals surface area contributed by atoms with Crippen LogP contribution in [0.25, 0.3) is 10.8 Å². The number of para-hydroxylation sites is 1. The maximum absolute atomic E-state index is 13.8. The number of methoxy groups -OCH3 is 1. The topological polar surface area (TPSA) is 111 Å². The van der Waals surface area contributed by atoms with Gasteiger partial charge in [-0.15, -0.1) is 0 Å². The van der Waals surface area contributed by atoms with E-state index in [9.17, 15) is 9.59 Å². The van der Waals surface area contributed by atoms with E-state index >= 15 is 0 Å². The number of fused-ring (bicyclic) bond motifs is 1. The smallest absolute Gasteiger partial charge is 0.251 e. The Kier molecular flexibility index (Phi) is 11.7. The van der Waals surface area contributed by atoms with Gasteiger partial charge in [-0.2, -0.15) is 0 Å². The van der Waals surface area contributed by atoms with E-state index in [2.05, 4.69) is 55.1 Å². The third-order valence-corrected chi connectivity index (χ3v) is 8.33. The minimum Gasteiger partial charge on any atom is -0.496 e. The largest absolute Gasteiger partial charge is 0.496 e. The van der Waals surface area contributed by atoms with Crippen LogP contribution in [0.5, 0.6) is 5.75 Å². The summed E-state index contributed by atoms with van der Waals surface area (Å²) in [6.45, 7) is 4.71. The zero-order chi connectivity index (χ0) is 33.0. The highest BCUT2D eigenvalue weighted by atomic mass is 16.5. The first-order valence-electron chi connectivity index (χ1n) is 16.1. The number of aromatic nitrogens is 2. The lowest BCUT2D eigenvalue weighted by atomic mass is 9.99. The summed E-state index contributed by atoms with van der Waals surface area (Å²) in [5.74, 6) is 1.24. The van der Waals surface area contributed by atoms with Crippen molar-refractivity contribution < 1.29 is 14.3 Å². The Morgan fingerprint density at radius 1 is 0.915 bits per heavy atom. The molecule has 1 heterocycles. The third kappa shape index (κ3) is 9.28. The molecule has 0 aliphatic carbocycles. The Labute approximate surface area is 276 Å². The van der Waals surface area contributed by atoms with Crippen LogP contribution in [0, 0.1) is 0 Å². The molecular formula is C38H44N6O3. The minimum atomic E-state index is -0.700. The van der Waals surface area contributed by atoms with Gasteiger partial charge in [0, 0.05) is 36.6 Å². The van der Waals surface area contributed by atoms with Gasteiger partial charge in [-0.25, -0.2) is 4.98 Å². The molecule has 2 amide bonds. The molecule has 0 saturated heterocycles. The lowest BCUT2D eigenvalue weighted by Gasteiger charge is -2.24. The quantitative estimate of drug-likeness (QED) is 0.110. The Morgan fingerprint density at radius 2 is 1.68 bits per heavy atom. The average molecular weight is 633 g/mol. The van der Waals surface area contributed by atoms with Crippen LogP contribution >= 0.6 is 0 Å². The second kappa shape index (κ2) is 16.5. The normalized spacial score (nSPS) is 12.5. The van der Waals surface area contributed by atoms with Crippen molar-refractivity contribution in [1.82, 2.24) is 30.8 Å². The van der Waals surface area contributed by atoms with Crippen LogP contribution < -0.4 is 20.7 Å². The maximum atomic E-state index is 13.8. The van der Waals surface area contributed by atoms with Gasteiger partial charge in [-0.3, -0.25) is 9.59 Å². The fourth-order valence-electron chi connectivity index (χ4n) is 5.79. The van der Waals surface area contributed by atoms with Gasteiger partial charge in [0.25, 0.3) is 5.91 Å². The number of benzene rings is 4. The van der Waals surface area contributed by atoms with Crippen LogP contribution in [0.3, 0.4) is 0 Å². The van der Waals surface area contributed by atoms with E-state index in [1.807, 2.05) is 68.6 Å². The predicted molar refractivity (Wildman–Crippen MR) is 186 cm³/mol. The van der Waals surface area contributed by atoms with E-state index < -0.39 is 6.04 Å². The lowest BCUT2D eigenvalue weighted by molar-refractivity contribution is -0.123. The van der Waals surface area contributed by atoms with Crippen LogP contribution in [0.2, 0.25) is 0 Å². The molecule has 0 aliphatic rings. The van der Waals surface area contributed by atoms with Gasteiger partial charge in [0.2, 0.25) is 5.91 Å². The number of aromatic amines is 1. The summed E-state index contributed by atoms with van der Waals surface area (Å²) in [4.78, 5) is 36.7. The SMILES string of the molecule is COc1ccccc1CN(C)CCC[C@H](NC(=O)c1ccc(CNCc2ncc[nH]2)cc1)C(=O)NC(C)c1cccc2ccccc12. The standard InChI is InChI=1S/C38H44N6O3/c1-27(32-14-8-12-29-10-4-6-13-33(29)32)42-38(46)34(15-9-23-44(2)26-31-11-5-7-16-35(31)47-3)43-37(45)30-19-17-28(18-20-30)24-39-25-36-40-21-22-41-36/h4-8,10-14,16-22,27,34,39H,9,15,23-26H2,1-3H3,(H,40,41)(H,42,46)(H,43,45)/t27?,34-/m0/s1. The first kappa shape index (κ1) is 33.4. The Balaban J connectivity index is 1.23. The summed E-state index contributed by atoms with van der Waals surface area (Å²) in [7, 11) is 3.73. The highest BCUT2D eigenvalue weighted by Crippen LogP contribution is 2.24. The number of rotatable bonds is 16. The summed E-state index contributed by atoms with van der Waals surface area (Å²) >= 11 is 0. The average Bonchev–Trinajstić information content (AvgIpc) is 3.61. The van der Waals surface area contributed by atoms with Crippen molar-refractivity contribution in [3.63, 3.8) is 0 Å². The molecule has 0 radical (unpaired) electrons. The molecule has 9 nitrogen and oxygen atoms in total. The van der Waals surface area contributed by atoms with Crippen molar-refractivity contribution in [3.05, 3.63) is 131 Å². The van der Waals surface area contributed by atoms with E-state index in [-0.39, 0.29) is 17.9 Å². The predicted octanol–water partition coefficient (Wildman–Crippen LogP) is 5.75. The first-order chi connectivity index (χ1) is 22.9. The molecule has 4 aromatic carbocycles. The highest BCUT2D eigenvalue weighted by molar-refractivity contribution is 5.97. The Morgan fingerprint density at radius 3 is 2.47 bits per heavy atom. The van der Waals surface area contributed by atoms with Crippen LogP contribution in [0.15, 0.2) is 103 Å². The number of H-pyrrole nitrogens is 1. The van der Waals surface area contributed by atoms with Crippen LogP contribution in [-0.4, -0.2) is 53.4 Å². The van der Waals surface area contributed by atoms with E-state index in [0.717, 1.165) is 45.6 Å². The van der Waals surface area contributed by atoms with Crippen molar-refractivity contribution >= 4 is 22.6 Å².